The monoisotopic (exact) mass is 1010 g/mol. The first-order valence-electron chi connectivity index (χ1n) is 22.0. The quantitative estimate of drug-likeness (QED) is 0.0292. The fourth-order valence-electron chi connectivity index (χ4n) is 6.08. The highest BCUT2D eigenvalue weighted by molar-refractivity contribution is 5.94. The molecule has 0 aliphatic heterocycles. The number of hydrogen-bond acceptors (Lipinski definition) is 24. The van der Waals surface area contributed by atoms with Gasteiger partial charge in [-0.25, -0.2) is 58.3 Å². The number of para-hydroxylation sites is 4. The number of ether oxygens (including phenoxy) is 8. The topological polar surface area (TPSA) is 284 Å². The molecule has 4 aromatic rings. The van der Waals surface area contributed by atoms with E-state index in [-0.39, 0.29) is 84.5 Å². The Morgan fingerprint density at radius 1 is 0.333 bits per heavy atom. The first-order chi connectivity index (χ1) is 34.9. The molecule has 0 spiro atoms. The van der Waals surface area contributed by atoms with Gasteiger partial charge in [-0.1, -0.05) is 48.5 Å². The van der Waals surface area contributed by atoms with Gasteiger partial charge in [0.05, 0.1) is 52.9 Å². The third-order valence-corrected chi connectivity index (χ3v) is 9.28. The SMILES string of the molecule is CCOc1ccccc1C(=O)OOC(=O)OCCC(COC(=O)OOC(=O)c1ccccc1OCC)C(CCOC(=O)OOC(=O)c1ccccc1OCC)COC(=O)OOC(=O)c1ccccc1OCC. The maximum absolute atomic E-state index is 12.8. The summed E-state index contributed by atoms with van der Waals surface area (Å²) in [7, 11) is 0. The van der Waals surface area contributed by atoms with Gasteiger partial charge >= 0.3 is 48.5 Å². The Balaban J connectivity index is 1.48. The largest absolute Gasteiger partial charge is 0.549 e. The molecule has 0 aliphatic carbocycles. The van der Waals surface area contributed by atoms with Gasteiger partial charge in [-0.3, -0.25) is 0 Å². The minimum absolute atomic E-state index is 0.0666. The molecule has 0 saturated carbocycles. The summed E-state index contributed by atoms with van der Waals surface area (Å²) in [6.45, 7) is 5.06. The standard InChI is InChI=1S/C48H50O24/c1-5-57-37-21-13-9-17-33(37)41(49)65-69-45(53)61-27-25-31(29-63-47(55)71-67-43(51)35-19-11-15-23-39(35)59-7-3)32(30-64-48(56)72-68-44(52)36-20-12-16-24-40(36)60-8-4)26-28-62-46(54)70-66-42(50)34-18-10-14-22-38(34)58-6-2/h9-24,31-32H,5-8,25-30H2,1-4H3. The summed E-state index contributed by atoms with van der Waals surface area (Å²) in [5.41, 5.74) is -0.309. The molecule has 0 saturated heterocycles. The van der Waals surface area contributed by atoms with E-state index in [2.05, 4.69) is 39.1 Å². The fourth-order valence-corrected chi connectivity index (χ4v) is 6.08. The van der Waals surface area contributed by atoms with Crippen molar-refractivity contribution >= 4 is 48.5 Å². The molecule has 0 bridgehead atoms. The van der Waals surface area contributed by atoms with E-state index in [0.717, 1.165) is 0 Å². The van der Waals surface area contributed by atoms with Gasteiger partial charge in [0.2, 0.25) is 0 Å². The van der Waals surface area contributed by atoms with Gasteiger partial charge in [-0.15, -0.1) is 0 Å². The van der Waals surface area contributed by atoms with E-state index in [1.165, 1.54) is 72.8 Å². The number of rotatable bonds is 23. The highest BCUT2D eigenvalue weighted by atomic mass is 17.3. The molecular formula is C48H50O24. The number of carbonyl (C=O) groups is 8. The van der Waals surface area contributed by atoms with Gasteiger partial charge in [0.25, 0.3) is 0 Å². The summed E-state index contributed by atoms with van der Waals surface area (Å²) in [4.78, 5) is 138. The van der Waals surface area contributed by atoms with Crippen LogP contribution in [0.2, 0.25) is 0 Å². The van der Waals surface area contributed by atoms with Gasteiger partial charge in [-0.05, 0) is 89.1 Å². The first kappa shape index (κ1) is 55.6. The van der Waals surface area contributed by atoms with E-state index >= 15 is 0 Å². The van der Waals surface area contributed by atoms with E-state index < -0.39 is 86.8 Å². The van der Waals surface area contributed by atoms with Crippen LogP contribution in [0.15, 0.2) is 97.1 Å². The van der Waals surface area contributed by atoms with Crippen LogP contribution in [0.5, 0.6) is 23.0 Å². The molecule has 0 amide bonds. The Hall–Kier alpha value is -8.96. The Labute approximate surface area is 410 Å². The van der Waals surface area contributed by atoms with E-state index in [4.69, 9.17) is 37.9 Å². The summed E-state index contributed by atoms with van der Waals surface area (Å²) in [5.74, 6) is -6.04. The van der Waals surface area contributed by atoms with Crippen molar-refractivity contribution in [2.45, 2.75) is 40.5 Å². The third kappa shape index (κ3) is 18.5. The van der Waals surface area contributed by atoms with Crippen LogP contribution in [0.1, 0.15) is 82.0 Å². The van der Waals surface area contributed by atoms with Crippen molar-refractivity contribution in [3.8, 4) is 23.0 Å². The minimum atomic E-state index is -1.55. The lowest BCUT2D eigenvalue weighted by molar-refractivity contribution is -0.208. The highest BCUT2D eigenvalue weighted by Crippen LogP contribution is 2.25. The maximum atomic E-state index is 12.8. The van der Waals surface area contributed by atoms with Crippen molar-refractivity contribution in [2.24, 2.45) is 11.8 Å². The normalized spacial score (nSPS) is 11.1. The average Bonchev–Trinajstić information content (AvgIpc) is 3.38. The summed E-state index contributed by atoms with van der Waals surface area (Å²) in [6.07, 6.45) is -6.68. The minimum Gasteiger partial charge on any atom is -0.493 e. The molecule has 0 heterocycles. The summed E-state index contributed by atoms with van der Waals surface area (Å²) in [5, 5.41) is 0. The van der Waals surface area contributed by atoms with Gasteiger partial charge in [0.15, 0.2) is 0 Å². The van der Waals surface area contributed by atoms with Gasteiger partial charge < -0.3 is 37.9 Å². The smallest absolute Gasteiger partial charge is 0.493 e. The van der Waals surface area contributed by atoms with E-state index in [0.29, 0.717) is 0 Å². The summed E-state index contributed by atoms with van der Waals surface area (Å²) >= 11 is 0. The highest BCUT2D eigenvalue weighted by Gasteiger charge is 2.29. The van der Waals surface area contributed by atoms with Crippen LogP contribution in [0.3, 0.4) is 0 Å². The molecular weight excluding hydrogens is 961 g/mol. The van der Waals surface area contributed by atoms with Crippen LogP contribution >= 0.6 is 0 Å². The average molecular weight is 1010 g/mol. The maximum Gasteiger partial charge on any atom is 0.549 e. The molecule has 2 unspecified atom stereocenters. The van der Waals surface area contributed by atoms with Crippen LogP contribution in [0.25, 0.3) is 0 Å². The zero-order chi connectivity index (χ0) is 52.1. The van der Waals surface area contributed by atoms with Gasteiger partial charge in [0.1, 0.15) is 45.3 Å². The molecule has 4 rings (SSSR count). The van der Waals surface area contributed by atoms with Crippen LogP contribution in [-0.4, -0.2) is 101 Å². The molecule has 0 aromatic heterocycles. The predicted molar refractivity (Wildman–Crippen MR) is 238 cm³/mol. The molecule has 24 heteroatoms. The molecule has 386 valence electrons. The van der Waals surface area contributed by atoms with Crippen molar-refractivity contribution in [1.29, 1.82) is 0 Å². The van der Waals surface area contributed by atoms with Crippen molar-refractivity contribution in [2.75, 3.05) is 52.9 Å². The Morgan fingerprint density at radius 3 is 0.819 bits per heavy atom. The molecule has 0 radical (unpaired) electrons. The lowest BCUT2D eigenvalue weighted by atomic mass is 9.88. The van der Waals surface area contributed by atoms with E-state index in [9.17, 15) is 38.4 Å². The molecule has 24 nitrogen and oxygen atoms in total. The van der Waals surface area contributed by atoms with Crippen LogP contribution < -0.4 is 18.9 Å². The molecule has 4 aromatic carbocycles. The number of carbonyl (C=O) groups excluding carboxylic acids is 8. The molecule has 0 N–H and O–H groups in total. The second-order valence-electron chi connectivity index (χ2n) is 13.9. The van der Waals surface area contributed by atoms with Crippen molar-refractivity contribution in [3.63, 3.8) is 0 Å². The molecule has 2 atom stereocenters. The van der Waals surface area contributed by atoms with Gasteiger partial charge in [0, 0.05) is 11.8 Å². The Bertz CT molecular complexity index is 2270. The summed E-state index contributed by atoms with van der Waals surface area (Å²) in [6, 6.07) is 23.8. The Morgan fingerprint density at radius 2 is 0.569 bits per heavy atom. The van der Waals surface area contributed by atoms with Crippen molar-refractivity contribution in [3.05, 3.63) is 119 Å². The third-order valence-electron chi connectivity index (χ3n) is 9.28. The lowest BCUT2D eigenvalue weighted by Gasteiger charge is -2.26. The number of hydrogen-bond donors (Lipinski definition) is 0. The number of benzene rings is 4. The molecule has 0 aliphatic rings. The predicted octanol–water partition coefficient (Wildman–Crippen LogP) is 8.29. The van der Waals surface area contributed by atoms with Crippen molar-refractivity contribution in [1.82, 2.24) is 0 Å². The first-order valence-corrected chi connectivity index (χ1v) is 22.0. The second-order valence-corrected chi connectivity index (χ2v) is 13.9. The van der Waals surface area contributed by atoms with Crippen LogP contribution in [0, 0.1) is 11.8 Å². The molecule has 0 fully saturated rings. The van der Waals surface area contributed by atoms with E-state index in [1.807, 2.05) is 0 Å². The van der Waals surface area contributed by atoms with Crippen LogP contribution in [-0.2, 0) is 58.0 Å². The van der Waals surface area contributed by atoms with Gasteiger partial charge in [-0.2, -0.15) is 19.2 Å². The van der Waals surface area contributed by atoms with Crippen LogP contribution in [0.4, 0.5) is 19.2 Å². The lowest BCUT2D eigenvalue weighted by Crippen LogP contribution is -2.30. The fraction of sp³-hybridized carbons (Fsp3) is 0.333. The van der Waals surface area contributed by atoms with E-state index in [1.54, 1.807) is 52.0 Å². The Kier molecular flexibility index (Phi) is 23.6. The zero-order valence-corrected chi connectivity index (χ0v) is 39.3. The summed E-state index contributed by atoms with van der Waals surface area (Å²) < 4.78 is 42.2. The zero-order valence-electron chi connectivity index (χ0n) is 39.3. The second kappa shape index (κ2) is 30.5. The van der Waals surface area contributed by atoms with Crippen molar-refractivity contribution < 1.29 is 115 Å². The molecule has 72 heavy (non-hydrogen) atoms.